The van der Waals surface area contributed by atoms with Gasteiger partial charge in [0.1, 0.15) is 5.75 Å². The second-order valence-corrected chi connectivity index (χ2v) is 4.68. The third-order valence-corrected chi connectivity index (χ3v) is 3.11. The standard InChI is InChI=1S/C14H15ClO4/c15-12-9-11(19-14-3-1-2-8-18-14)6-4-10(12)5-7-13(16)17/h4-7,9,14H,1-3,8H2,(H,16,17)/b7-5+. The lowest BCUT2D eigenvalue weighted by Crippen LogP contribution is -2.24. The van der Waals surface area contributed by atoms with Crippen molar-refractivity contribution in [1.82, 2.24) is 0 Å². The van der Waals surface area contributed by atoms with Crippen molar-refractivity contribution >= 4 is 23.6 Å². The van der Waals surface area contributed by atoms with Crippen LogP contribution in [0.1, 0.15) is 24.8 Å². The minimum Gasteiger partial charge on any atom is -0.478 e. The summed E-state index contributed by atoms with van der Waals surface area (Å²) >= 11 is 6.07. The number of rotatable bonds is 4. The van der Waals surface area contributed by atoms with Gasteiger partial charge in [0.15, 0.2) is 6.29 Å². The van der Waals surface area contributed by atoms with E-state index in [0.29, 0.717) is 16.3 Å². The third-order valence-electron chi connectivity index (χ3n) is 2.78. The van der Waals surface area contributed by atoms with Crippen LogP contribution in [0.3, 0.4) is 0 Å². The molecule has 1 aromatic carbocycles. The molecule has 0 amide bonds. The van der Waals surface area contributed by atoms with Crippen molar-refractivity contribution in [2.45, 2.75) is 25.6 Å². The van der Waals surface area contributed by atoms with Gasteiger partial charge < -0.3 is 14.6 Å². The van der Waals surface area contributed by atoms with Gasteiger partial charge in [-0.3, -0.25) is 0 Å². The highest BCUT2D eigenvalue weighted by Crippen LogP contribution is 2.26. The summed E-state index contributed by atoms with van der Waals surface area (Å²) in [6, 6.07) is 5.15. The maximum absolute atomic E-state index is 10.4. The molecule has 5 heteroatoms. The van der Waals surface area contributed by atoms with Crippen LogP contribution in [0.2, 0.25) is 5.02 Å². The SMILES string of the molecule is O=C(O)/C=C/c1ccc(OC2CCCCO2)cc1Cl. The predicted molar refractivity (Wildman–Crippen MR) is 72.3 cm³/mol. The minimum absolute atomic E-state index is 0.217. The van der Waals surface area contributed by atoms with Gasteiger partial charge in [-0.2, -0.15) is 0 Å². The average molecular weight is 283 g/mol. The Bertz CT molecular complexity index is 478. The summed E-state index contributed by atoms with van der Waals surface area (Å²) in [6.07, 6.45) is 5.32. The van der Waals surface area contributed by atoms with Crippen LogP contribution in [0.25, 0.3) is 6.08 Å². The number of aliphatic carboxylic acids is 1. The van der Waals surface area contributed by atoms with Gasteiger partial charge in [0, 0.05) is 12.5 Å². The lowest BCUT2D eigenvalue weighted by atomic mass is 10.2. The van der Waals surface area contributed by atoms with Gasteiger partial charge in [-0.1, -0.05) is 11.6 Å². The van der Waals surface area contributed by atoms with Crippen molar-refractivity contribution in [2.24, 2.45) is 0 Å². The maximum atomic E-state index is 10.4. The van der Waals surface area contributed by atoms with E-state index in [1.807, 2.05) is 0 Å². The normalized spacial score (nSPS) is 19.5. The number of carboxylic acid groups (broad SMARTS) is 1. The number of carboxylic acids is 1. The number of hydrogen-bond donors (Lipinski definition) is 1. The smallest absolute Gasteiger partial charge is 0.328 e. The largest absolute Gasteiger partial charge is 0.478 e. The first-order chi connectivity index (χ1) is 9.15. The number of carbonyl (C=O) groups is 1. The van der Waals surface area contributed by atoms with E-state index in [0.717, 1.165) is 31.9 Å². The molecule has 1 aliphatic rings. The molecular formula is C14H15ClO4. The minimum atomic E-state index is -1.01. The Labute approximate surface area is 116 Å². The summed E-state index contributed by atoms with van der Waals surface area (Å²) < 4.78 is 11.1. The van der Waals surface area contributed by atoms with E-state index in [9.17, 15) is 4.79 Å². The van der Waals surface area contributed by atoms with E-state index >= 15 is 0 Å². The van der Waals surface area contributed by atoms with E-state index in [4.69, 9.17) is 26.2 Å². The van der Waals surface area contributed by atoms with Crippen molar-refractivity contribution in [3.05, 3.63) is 34.9 Å². The molecule has 0 saturated carbocycles. The summed E-state index contributed by atoms with van der Waals surface area (Å²) in [5, 5.41) is 9.02. The van der Waals surface area contributed by atoms with Crippen molar-refractivity contribution in [2.75, 3.05) is 6.61 Å². The lowest BCUT2D eigenvalue weighted by molar-refractivity contribution is -0.131. The first-order valence-electron chi connectivity index (χ1n) is 6.14. The molecule has 1 fully saturated rings. The molecule has 1 heterocycles. The number of benzene rings is 1. The second-order valence-electron chi connectivity index (χ2n) is 4.27. The molecule has 0 aliphatic carbocycles. The van der Waals surface area contributed by atoms with Crippen LogP contribution in [0, 0.1) is 0 Å². The Morgan fingerprint density at radius 2 is 2.32 bits per heavy atom. The lowest BCUT2D eigenvalue weighted by Gasteiger charge is -2.23. The van der Waals surface area contributed by atoms with Crippen molar-refractivity contribution in [3.63, 3.8) is 0 Å². The first-order valence-corrected chi connectivity index (χ1v) is 6.52. The molecule has 19 heavy (non-hydrogen) atoms. The van der Waals surface area contributed by atoms with Crippen LogP contribution in [-0.4, -0.2) is 24.0 Å². The van der Waals surface area contributed by atoms with Crippen LogP contribution < -0.4 is 4.74 Å². The van der Waals surface area contributed by atoms with Crippen molar-refractivity contribution < 1.29 is 19.4 Å². The topological polar surface area (TPSA) is 55.8 Å². The molecule has 102 valence electrons. The van der Waals surface area contributed by atoms with Gasteiger partial charge in [0.2, 0.25) is 0 Å². The Morgan fingerprint density at radius 1 is 1.47 bits per heavy atom. The zero-order valence-electron chi connectivity index (χ0n) is 10.3. The van der Waals surface area contributed by atoms with Crippen LogP contribution in [0.15, 0.2) is 24.3 Å². The van der Waals surface area contributed by atoms with Crippen LogP contribution >= 0.6 is 11.6 Å². The Kier molecular flexibility index (Phi) is 4.82. The van der Waals surface area contributed by atoms with E-state index in [1.165, 1.54) is 6.08 Å². The summed E-state index contributed by atoms with van der Waals surface area (Å²) in [5.41, 5.74) is 0.640. The predicted octanol–water partition coefficient (Wildman–Crippen LogP) is 3.34. The molecule has 1 aliphatic heterocycles. The van der Waals surface area contributed by atoms with E-state index in [-0.39, 0.29) is 6.29 Å². The summed E-state index contributed by atoms with van der Waals surface area (Å²) in [5.74, 6) is -0.378. The van der Waals surface area contributed by atoms with Gasteiger partial charge in [-0.15, -0.1) is 0 Å². The van der Waals surface area contributed by atoms with Gasteiger partial charge in [0.25, 0.3) is 0 Å². The van der Waals surface area contributed by atoms with Gasteiger partial charge >= 0.3 is 5.97 Å². The number of ether oxygens (including phenoxy) is 2. The fourth-order valence-corrected chi connectivity index (χ4v) is 2.07. The Hall–Kier alpha value is -1.52. The zero-order chi connectivity index (χ0) is 13.7. The highest BCUT2D eigenvalue weighted by atomic mass is 35.5. The molecule has 1 unspecified atom stereocenters. The summed E-state index contributed by atoms with van der Waals surface area (Å²) in [6.45, 7) is 0.720. The van der Waals surface area contributed by atoms with Crippen LogP contribution in [-0.2, 0) is 9.53 Å². The molecule has 2 rings (SSSR count). The number of hydrogen-bond acceptors (Lipinski definition) is 3. The fraction of sp³-hybridized carbons (Fsp3) is 0.357. The molecule has 0 aromatic heterocycles. The molecule has 1 atom stereocenters. The molecule has 1 aromatic rings. The molecule has 0 spiro atoms. The van der Waals surface area contributed by atoms with Crippen LogP contribution in [0.4, 0.5) is 0 Å². The molecule has 0 bridgehead atoms. The van der Waals surface area contributed by atoms with E-state index in [2.05, 4.69) is 0 Å². The fourth-order valence-electron chi connectivity index (χ4n) is 1.83. The van der Waals surface area contributed by atoms with E-state index in [1.54, 1.807) is 18.2 Å². The first kappa shape index (κ1) is 13.9. The zero-order valence-corrected chi connectivity index (χ0v) is 11.1. The molecule has 1 N–H and O–H groups in total. The molecule has 0 radical (unpaired) electrons. The quantitative estimate of drug-likeness (QED) is 0.861. The van der Waals surface area contributed by atoms with Crippen LogP contribution in [0.5, 0.6) is 5.75 Å². The van der Waals surface area contributed by atoms with Gasteiger partial charge in [-0.05, 0) is 42.7 Å². The third kappa shape index (κ3) is 4.26. The molecule has 4 nitrogen and oxygen atoms in total. The Balaban J connectivity index is 2.03. The second kappa shape index (κ2) is 6.59. The van der Waals surface area contributed by atoms with Crippen molar-refractivity contribution in [3.8, 4) is 5.75 Å². The van der Waals surface area contributed by atoms with Gasteiger partial charge in [-0.25, -0.2) is 4.79 Å². The summed E-state index contributed by atoms with van der Waals surface area (Å²) in [4.78, 5) is 10.4. The van der Waals surface area contributed by atoms with Crippen molar-refractivity contribution in [1.29, 1.82) is 0 Å². The monoisotopic (exact) mass is 282 g/mol. The number of halogens is 1. The Morgan fingerprint density at radius 3 is 2.95 bits per heavy atom. The average Bonchev–Trinajstić information content (AvgIpc) is 2.39. The molecule has 1 saturated heterocycles. The summed E-state index contributed by atoms with van der Waals surface area (Å²) in [7, 11) is 0. The molecular weight excluding hydrogens is 268 g/mol. The maximum Gasteiger partial charge on any atom is 0.328 e. The highest BCUT2D eigenvalue weighted by molar-refractivity contribution is 6.32. The highest BCUT2D eigenvalue weighted by Gasteiger charge is 2.15. The van der Waals surface area contributed by atoms with Gasteiger partial charge in [0.05, 0.1) is 11.6 Å². The van der Waals surface area contributed by atoms with E-state index < -0.39 is 5.97 Å².